The first-order valence-electron chi connectivity index (χ1n) is 5.72. The molecule has 7 nitrogen and oxygen atoms in total. The predicted molar refractivity (Wildman–Crippen MR) is 71.9 cm³/mol. The minimum Gasteiger partial charge on any atom is -0.480 e. The largest absolute Gasteiger partial charge is 0.480 e. The van der Waals surface area contributed by atoms with Crippen LogP contribution in [0.15, 0.2) is 29.2 Å². The van der Waals surface area contributed by atoms with Crippen molar-refractivity contribution in [1.82, 2.24) is 9.62 Å². The van der Waals surface area contributed by atoms with Gasteiger partial charge in [0.2, 0.25) is 10.0 Å². The van der Waals surface area contributed by atoms with Crippen LogP contribution in [0.25, 0.3) is 0 Å². The number of hydrogen-bond donors (Lipinski definition) is 2. The number of carboxylic acid groups (broad SMARTS) is 1. The Kier molecular flexibility index (Phi) is 4.85. The molecule has 0 aliphatic rings. The average Bonchev–Trinajstić information content (AvgIpc) is 2.38. The van der Waals surface area contributed by atoms with Crippen LogP contribution in [0.4, 0.5) is 0 Å². The molecule has 1 aromatic carbocycles. The summed E-state index contributed by atoms with van der Waals surface area (Å²) in [7, 11) is -0.874. The number of nitrogens with zero attached hydrogens (tertiary/aromatic N) is 1. The molecule has 1 rings (SSSR count). The van der Waals surface area contributed by atoms with E-state index < -0.39 is 27.9 Å². The van der Waals surface area contributed by atoms with Gasteiger partial charge in [0.15, 0.2) is 0 Å². The van der Waals surface area contributed by atoms with E-state index in [0.29, 0.717) is 0 Å². The molecule has 2 N–H and O–H groups in total. The summed E-state index contributed by atoms with van der Waals surface area (Å²) in [6, 6.07) is 4.36. The molecular formula is C12H16N2O5S. The lowest BCUT2D eigenvalue weighted by atomic mass is 10.2. The van der Waals surface area contributed by atoms with Gasteiger partial charge >= 0.3 is 5.97 Å². The lowest BCUT2D eigenvalue weighted by Gasteiger charge is -2.13. The van der Waals surface area contributed by atoms with Crippen molar-refractivity contribution in [3.63, 3.8) is 0 Å². The summed E-state index contributed by atoms with van der Waals surface area (Å²) in [6.07, 6.45) is 0. The molecule has 0 bridgehead atoms. The molecule has 0 saturated carbocycles. The highest BCUT2D eigenvalue weighted by molar-refractivity contribution is 7.89. The van der Waals surface area contributed by atoms with Gasteiger partial charge in [0.05, 0.1) is 4.90 Å². The van der Waals surface area contributed by atoms with Crippen LogP contribution in [0.2, 0.25) is 0 Å². The second-order valence-corrected chi connectivity index (χ2v) is 6.50. The number of hydrogen-bond acceptors (Lipinski definition) is 4. The van der Waals surface area contributed by atoms with Gasteiger partial charge < -0.3 is 10.4 Å². The van der Waals surface area contributed by atoms with E-state index in [4.69, 9.17) is 5.11 Å². The van der Waals surface area contributed by atoms with Crippen LogP contribution < -0.4 is 5.32 Å². The first-order valence-corrected chi connectivity index (χ1v) is 7.16. The number of sulfonamides is 1. The van der Waals surface area contributed by atoms with Crippen LogP contribution in [-0.4, -0.2) is 49.8 Å². The third-order valence-corrected chi connectivity index (χ3v) is 4.40. The molecule has 0 fully saturated rings. The molecule has 0 aliphatic carbocycles. The van der Waals surface area contributed by atoms with Crippen molar-refractivity contribution in [1.29, 1.82) is 0 Å². The average molecular weight is 300 g/mol. The Morgan fingerprint density at radius 1 is 1.30 bits per heavy atom. The first-order chi connectivity index (χ1) is 9.16. The summed E-state index contributed by atoms with van der Waals surface area (Å²) in [5, 5.41) is 11.0. The fourth-order valence-electron chi connectivity index (χ4n) is 1.35. The molecule has 0 aromatic heterocycles. The van der Waals surface area contributed by atoms with Gasteiger partial charge in [-0.3, -0.25) is 9.59 Å². The number of rotatable bonds is 5. The maximum absolute atomic E-state index is 11.9. The Labute approximate surface area is 117 Å². The van der Waals surface area contributed by atoms with Crippen LogP contribution in [-0.2, 0) is 14.8 Å². The van der Waals surface area contributed by atoms with Gasteiger partial charge in [-0.25, -0.2) is 12.7 Å². The molecule has 1 atom stereocenters. The van der Waals surface area contributed by atoms with Crippen molar-refractivity contribution in [2.24, 2.45) is 0 Å². The smallest absolute Gasteiger partial charge is 0.325 e. The molecule has 0 saturated heterocycles. The number of carbonyl (C=O) groups is 2. The van der Waals surface area contributed by atoms with Crippen molar-refractivity contribution in [3.8, 4) is 0 Å². The number of benzene rings is 1. The highest BCUT2D eigenvalue weighted by Crippen LogP contribution is 2.14. The first kappa shape index (κ1) is 16.1. The van der Waals surface area contributed by atoms with Crippen molar-refractivity contribution in [2.75, 3.05) is 14.1 Å². The highest BCUT2D eigenvalue weighted by Gasteiger charge is 2.20. The van der Waals surface area contributed by atoms with Crippen molar-refractivity contribution in [2.45, 2.75) is 17.9 Å². The quantitative estimate of drug-likeness (QED) is 0.805. The minimum atomic E-state index is -3.64. The fourth-order valence-corrected chi connectivity index (χ4v) is 2.30. The molecule has 1 amide bonds. The summed E-state index contributed by atoms with van der Waals surface area (Å²) in [4.78, 5) is 22.5. The van der Waals surface area contributed by atoms with E-state index in [-0.39, 0.29) is 10.5 Å². The van der Waals surface area contributed by atoms with Gasteiger partial charge in [-0.15, -0.1) is 0 Å². The van der Waals surface area contributed by atoms with Gasteiger partial charge in [-0.05, 0) is 25.1 Å². The number of nitrogens with one attached hydrogen (secondary N) is 1. The Hall–Kier alpha value is -1.93. The SMILES string of the molecule is CC(NC(=O)c1cccc(S(=O)(=O)N(C)C)c1)C(=O)O. The van der Waals surface area contributed by atoms with E-state index in [9.17, 15) is 18.0 Å². The van der Waals surface area contributed by atoms with Crippen molar-refractivity contribution >= 4 is 21.9 Å². The molecule has 20 heavy (non-hydrogen) atoms. The Balaban J connectivity index is 3.06. The zero-order chi connectivity index (χ0) is 15.5. The molecule has 0 radical (unpaired) electrons. The summed E-state index contributed by atoms with van der Waals surface area (Å²) in [6.45, 7) is 1.32. The third-order valence-electron chi connectivity index (χ3n) is 2.59. The van der Waals surface area contributed by atoms with E-state index in [1.165, 1.54) is 45.3 Å². The molecule has 8 heteroatoms. The molecule has 1 aromatic rings. The van der Waals surface area contributed by atoms with Crippen molar-refractivity contribution in [3.05, 3.63) is 29.8 Å². The third kappa shape index (κ3) is 3.55. The summed E-state index contributed by atoms with van der Waals surface area (Å²) >= 11 is 0. The normalized spacial score (nSPS) is 13.0. The standard InChI is InChI=1S/C12H16N2O5S/c1-8(12(16)17)13-11(15)9-5-4-6-10(7-9)20(18,19)14(2)3/h4-8H,1-3H3,(H,13,15)(H,16,17). The monoisotopic (exact) mass is 300 g/mol. The fraction of sp³-hybridized carbons (Fsp3) is 0.333. The molecule has 0 aliphatic heterocycles. The lowest BCUT2D eigenvalue weighted by Crippen LogP contribution is -2.38. The van der Waals surface area contributed by atoms with Gasteiger partial charge in [-0.1, -0.05) is 6.07 Å². The summed E-state index contributed by atoms with van der Waals surface area (Å²) in [5.41, 5.74) is 0.0843. The van der Waals surface area contributed by atoms with Crippen LogP contribution >= 0.6 is 0 Å². The number of carboxylic acids is 1. The molecule has 0 heterocycles. The van der Waals surface area contributed by atoms with Gasteiger partial charge in [0, 0.05) is 19.7 Å². The van der Waals surface area contributed by atoms with Gasteiger partial charge in [0.1, 0.15) is 6.04 Å². The van der Waals surface area contributed by atoms with Crippen LogP contribution in [0, 0.1) is 0 Å². The van der Waals surface area contributed by atoms with Gasteiger partial charge in [-0.2, -0.15) is 0 Å². The maximum Gasteiger partial charge on any atom is 0.325 e. The van der Waals surface area contributed by atoms with E-state index >= 15 is 0 Å². The van der Waals surface area contributed by atoms with E-state index in [1.807, 2.05) is 0 Å². The topological polar surface area (TPSA) is 104 Å². The number of carbonyl (C=O) groups excluding carboxylic acids is 1. The number of aliphatic carboxylic acids is 1. The van der Waals surface area contributed by atoms with Crippen LogP contribution in [0.5, 0.6) is 0 Å². The second kappa shape index (κ2) is 6.02. The Morgan fingerprint density at radius 2 is 1.90 bits per heavy atom. The van der Waals surface area contributed by atoms with Crippen molar-refractivity contribution < 1.29 is 23.1 Å². The molecule has 1 unspecified atom stereocenters. The minimum absolute atomic E-state index is 0.0295. The van der Waals surface area contributed by atoms with E-state index in [0.717, 1.165) is 4.31 Å². The molecular weight excluding hydrogens is 284 g/mol. The molecule has 0 spiro atoms. The predicted octanol–water partition coefficient (Wildman–Crippen LogP) is 0.140. The van der Waals surface area contributed by atoms with E-state index in [1.54, 1.807) is 0 Å². The summed E-state index contributed by atoms with van der Waals surface area (Å²) in [5.74, 6) is -1.81. The Bertz CT molecular complexity index is 624. The maximum atomic E-state index is 11.9. The van der Waals surface area contributed by atoms with E-state index in [2.05, 4.69) is 5.32 Å². The van der Waals surface area contributed by atoms with Crippen LogP contribution in [0.3, 0.4) is 0 Å². The molecule has 110 valence electrons. The van der Waals surface area contributed by atoms with Gasteiger partial charge in [0.25, 0.3) is 5.91 Å². The zero-order valence-electron chi connectivity index (χ0n) is 11.3. The second-order valence-electron chi connectivity index (χ2n) is 4.35. The van der Waals surface area contributed by atoms with Crippen LogP contribution in [0.1, 0.15) is 17.3 Å². The number of amides is 1. The summed E-state index contributed by atoms with van der Waals surface area (Å²) < 4.78 is 24.9. The lowest BCUT2D eigenvalue weighted by molar-refractivity contribution is -0.138. The highest BCUT2D eigenvalue weighted by atomic mass is 32.2. The Morgan fingerprint density at radius 3 is 2.40 bits per heavy atom. The zero-order valence-corrected chi connectivity index (χ0v) is 12.1.